The molecule has 7 heteroatoms. The van der Waals surface area contributed by atoms with E-state index in [2.05, 4.69) is 18.8 Å². The summed E-state index contributed by atoms with van der Waals surface area (Å²) in [5, 5.41) is 9.90. The summed E-state index contributed by atoms with van der Waals surface area (Å²) in [5.74, 6) is -8.69. The van der Waals surface area contributed by atoms with Gasteiger partial charge in [0.05, 0.1) is 11.3 Å². The van der Waals surface area contributed by atoms with Crippen LogP contribution in [0.5, 0.6) is 0 Å². The van der Waals surface area contributed by atoms with Gasteiger partial charge in [-0.25, -0.2) is 0 Å². The summed E-state index contributed by atoms with van der Waals surface area (Å²) in [6.07, 6.45) is 4.25. The van der Waals surface area contributed by atoms with Crippen LogP contribution in [0.3, 0.4) is 0 Å². The maximum atomic E-state index is 12.6. The predicted octanol–water partition coefficient (Wildman–Crippen LogP) is 8.18. The van der Waals surface area contributed by atoms with Gasteiger partial charge in [-0.15, -0.1) is 0 Å². The molecule has 1 N–H and O–H groups in total. The fraction of sp³-hybridized carbons (Fsp3) is 0.704. The van der Waals surface area contributed by atoms with Crippen molar-refractivity contribution < 1.29 is 27.5 Å². The molecule has 0 radical (unpaired) electrons. The maximum absolute atomic E-state index is 12.6. The van der Waals surface area contributed by atoms with Crippen molar-refractivity contribution in [2.75, 3.05) is 0 Å². The number of hydrogen-bond donors (Lipinski definition) is 1. The fourth-order valence-electron chi connectivity index (χ4n) is 3.42. The van der Waals surface area contributed by atoms with E-state index in [-0.39, 0.29) is 12.2 Å². The van der Waals surface area contributed by atoms with Gasteiger partial charge in [0.25, 0.3) is 0 Å². The van der Waals surface area contributed by atoms with Crippen molar-refractivity contribution in [1.82, 2.24) is 0 Å². The molecule has 0 aromatic heterocycles. The van der Waals surface area contributed by atoms with Gasteiger partial charge in [0.2, 0.25) is 0 Å². The van der Waals surface area contributed by atoms with Crippen LogP contribution in [0.1, 0.15) is 97.6 Å². The number of carbonyl (C=O) groups is 1. The van der Waals surface area contributed by atoms with Crippen molar-refractivity contribution in [1.29, 1.82) is 0 Å². The Balaban J connectivity index is 0.000000286. The lowest BCUT2D eigenvalue weighted by atomic mass is 9.74. The van der Waals surface area contributed by atoms with Gasteiger partial charge in [-0.05, 0) is 57.2 Å². The van der Waals surface area contributed by atoms with Crippen molar-refractivity contribution in [2.45, 2.75) is 111 Å². The molecule has 1 aromatic rings. The first-order chi connectivity index (χ1) is 15.5. The maximum Gasteiger partial charge on any atom is 0.313 e. The highest BCUT2D eigenvalue weighted by Gasteiger charge is 2.71. The summed E-state index contributed by atoms with van der Waals surface area (Å²) in [4.78, 5) is 15.3. The number of Topliss-reactive ketones (excluding diaryl/α,β-unsaturated/α-hetero) is 1. The molecule has 1 unspecified atom stereocenters. The highest BCUT2D eigenvalue weighted by atomic mass is 19.3. The van der Waals surface area contributed by atoms with Crippen LogP contribution in [0.25, 0.3) is 0 Å². The Morgan fingerprint density at radius 1 is 1.15 bits per heavy atom. The molecule has 0 spiro atoms. The molecule has 2 aliphatic rings. The molecule has 0 heterocycles. The number of halogens is 4. The summed E-state index contributed by atoms with van der Waals surface area (Å²) >= 11 is 0. The number of rotatable bonds is 6. The Labute approximate surface area is 202 Å². The van der Waals surface area contributed by atoms with Crippen molar-refractivity contribution in [3.63, 3.8) is 0 Å². The van der Waals surface area contributed by atoms with Crippen molar-refractivity contribution in [3.05, 3.63) is 29.3 Å². The second-order valence-corrected chi connectivity index (χ2v) is 10.1. The molecular weight excluding hydrogens is 446 g/mol. The van der Waals surface area contributed by atoms with Gasteiger partial charge in [0, 0.05) is 30.9 Å². The predicted molar refractivity (Wildman–Crippen MR) is 130 cm³/mol. The van der Waals surface area contributed by atoms with Gasteiger partial charge >= 0.3 is 11.8 Å². The van der Waals surface area contributed by atoms with Crippen LogP contribution in [0.2, 0.25) is 0 Å². The summed E-state index contributed by atoms with van der Waals surface area (Å²) < 4.78 is 49.7. The van der Waals surface area contributed by atoms with Crippen molar-refractivity contribution in [2.24, 2.45) is 16.8 Å². The number of benzene rings is 1. The summed E-state index contributed by atoms with van der Waals surface area (Å²) in [5.41, 5.74) is 3.37. The lowest BCUT2D eigenvalue weighted by Crippen LogP contribution is -2.59. The van der Waals surface area contributed by atoms with E-state index in [1.54, 1.807) is 13.8 Å². The number of ketones is 1. The van der Waals surface area contributed by atoms with Gasteiger partial charge in [-0.2, -0.15) is 17.6 Å². The van der Waals surface area contributed by atoms with E-state index in [1.165, 1.54) is 26.2 Å². The molecule has 0 amide bonds. The standard InChI is InChI=1S/C14H21NO.C8H10F4O.C5H10/c1-6-11(3)15-13-8-7-12(9-10(13)2)14(4,5)16;1-2-6(13)3-5-4-7(9,10)8(5,11)12;1-5-3-2-4-5/h7-9,16H,6H2,1-5H3;5H,2-4H2,1H3;5H,2-4H2,1H3. The molecule has 194 valence electrons. The minimum absolute atomic E-state index is 0.123. The number of aryl methyl sites for hydroxylation is 1. The highest BCUT2D eigenvalue weighted by molar-refractivity contribution is 5.84. The molecule has 1 atom stereocenters. The van der Waals surface area contributed by atoms with Crippen molar-refractivity contribution >= 4 is 17.2 Å². The van der Waals surface area contributed by atoms with E-state index in [0.717, 1.165) is 34.9 Å². The zero-order valence-corrected chi connectivity index (χ0v) is 21.7. The molecule has 2 saturated carbocycles. The topological polar surface area (TPSA) is 49.7 Å². The summed E-state index contributed by atoms with van der Waals surface area (Å²) in [7, 11) is 0. The lowest BCUT2D eigenvalue weighted by molar-refractivity contribution is -0.313. The number of aliphatic imine (C=N–C) groups is 1. The molecular formula is C27H41F4NO2. The van der Waals surface area contributed by atoms with Gasteiger partial charge in [-0.1, -0.05) is 52.2 Å². The van der Waals surface area contributed by atoms with Crippen LogP contribution in [0.4, 0.5) is 23.2 Å². The van der Waals surface area contributed by atoms with E-state index in [0.29, 0.717) is 0 Å². The molecule has 0 aliphatic heterocycles. The molecule has 2 fully saturated rings. The van der Waals surface area contributed by atoms with Crippen LogP contribution in [-0.2, 0) is 10.4 Å². The van der Waals surface area contributed by atoms with E-state index < -0.39 is 36.2 Å². The Morgan fingerprint density at radius 2 is 1.71 bits per heavy atom. The largest absolute Gasteiger partial charge is 0.386 e. The number of carbonyl (C=O) groups excluding carboxylic acids is 1. The molecule has 0 bridgehead atoms. The van der Waals surface area contributed by atoms with Crippen LogP contribution in [-0.4, -0.2) is 28.4 Å². The van der Waals surface area contributed by atoms with Crippen LogP contribution in [0.15, 0.2) is 23.2 Å². The molecule has 34 heavy (non-hydrogen) atoms. The first-order valence-electron chi connectivity index (χ1n) is 12.2. The lowest BCUT2D eigenvalue weighted by Gasteiger charge is -2.43. The first kappa shape index (κ1) is 30.3. The minimum atomic E-state index is -3.99. The number of alkyl halides is 4. The fourth-order valence-corrected chi connectivity index (χ4v) is 3.42. The molecule has 3 nitrogen and oxygen atoms in total. The third-order valence-electron chi connectivity index (χ3n) is 6.49. The van der Waals surface area contributed by atoms with Gasteiger partial charge < -0.3 is 5.11 Å². The van der Waals surface area contributed by atoms with Crippen LogP contribution >= 0.6 is 0 Å². The van der Waals surface area contributed by atoms with E-state index in [1.807, 2.05) is 32.0 Å². The smallest absolute Gasteiger partial charge is 0.313 e. The monoisotopic (exact) mass is 487 g/mol. The molecule has 3 rings (SSSR count). The Hall–Kier alpha value is -1.76. The van der Waals surface area contributed by atoms with Crippen molar-refractivity contribution in [3.8, 4) is 0 Å². The highest BCUT2D eigenvalue weighted by Crippen LogP contribution is 2.56. The Morgan fingerprint density at radius 3 is 2.03 bits per heavy atom. The third-order valence-corrected chi connectivity index (χ3v) is 6.49. The second kappa shape index (κ2) is 12.3. The molecule has 1 aromatic carbocycles. The average Bonchev–Trinajstić information content (AvgIpc) is 2.73. The molecule has 2 aliphatic carbocycles. The van der Waals surface area contributed by atoms with Gasteiger partial charge in [0.1, 0.15) is 5.78 Å². The average molecular weight is 488 g/mol. The van der Waals surface area contributed by atoms with Gasteiger partial charge in [-0.3, -0.25) is 9.79 Å². The van der Waals surface area contributed by atoms with Crippen LogP contribution < -0.4 is 0 Å². The number of aliphatic hydroxyl groups is 1. The Bertz CT molecular complexity index is 840. The second-order valence-electron chi connectivity index (χ2n) is 10.1. The summed E-state index contributed by atoms with van der Waals surface area (Å²) in [6, 6.07) is 5.92. The zero-order chi connectivity index (χ0) is 26.3. The minimum Gasteiger partial charge on any atom is -0.386 e. The van der Waals surface area contributed by atoms with E-state index in [4.69, 9.17) is 0 Å². The zero-order valence-electron chi connectivity index (χ0n) is 21.7. The van der Waals surface area contributed by atoms with E-state index in [9.17, 15) is 27.5 Å². The normalized spacial score (nSPS) is 21.2. The molecule has 0 saturated heterocycles. The van der Waals surface area contributed by atoms with E-state index >= 15 is 0 Å². The Kier molecular flexibility index (Phi) is 10.9. The quantitative estimate of drug-likeness (QED) is 0.325. The first-order valence-corrected chi connectivity index (χ1v) is 12.2. The number of hydrogen-bond acceptors (Lipinski definition) is 3. The summed E-state index contributed by atoms with van der Waals surface area (Å²) in [6.45, 7) is 13.6. The van der Waals surface area contributed by atoms with Crippen LogP contribution in [0, 0.1) is 18.8 Å². The third kappa shape index (κ3) is 8.47. The SMILES string of the molecule is CC1CCC1.CCC(=O)CC1CC(F)(F)C1(F)F.CCC(C)=Nc1ccc(C(C)(C)O)cc1C. The van der Waals surface area contributed by atoms with Gasteiger partial charge in [0.15, 0.2) is 0 Å². The number of nitrogens with zero attached hydrogens (tertiary/aromatic N) is 1.